The fourth-order valence-corrected chi connectivity index (χ4v) is 1.19. The highest BCUT2D eigenvalue weighted by Crippen LogP contribution is 2.22. The molecule has 0 aromatic carbocycles. The molecule has 0 bridgehead atoms. The summed E-state index contributed by atoms with van der Waals surface area (Å²) < 4.78 is 34.9. The van der Waals surface area contributed by atoms with Gasteiger partial charge in [-0.25, -0.2) is 0 Å². The summed E-state index contributed by atoms with van der Waals surface area (Å²) >= 11 is 4.01. The van der Waals surface area contributed by atoms with E-state index >= 15 is 0 Å². The molecule has 0 spiro atoms. The van der Waals surface area contributed by atoms with Gasteiger partial charge in [-0.1, -0.05) is 19.3 Å². The molecule has 0 fully saturated rings. The molecule has 0 radical (unpaired) electrons. The third-order valence-corrected chi connectivity index (χ3v) is 1.93. The number of thiol groups is 1. The SMILES string of the molecule is FC(F)(F)CCCCCCCS. The van der Waals surface area contributed by atoms with Crippen molar-refractivity contribution in [2.45, 2.75) is 44.7 Å². The molecule has 74 valence electrons. The molecular formula is C8H15F3S. The minimum Gasteiger partial charge on any atom is -0.179 e. The van der Waals surface area contributed by atoms with Gasteiger partial charge in [0.1, 0.15) is 0 Å². The van der Waals surface area contributed by atoms with Gasteiger partial charge < -0.3 is 0 Å². The Morgan fingerprint density at radius 2 is 1.33 bits per heavy atom. The molecule has 12 heavy (non-hydrogen) atoms. The second-order valence-corrected chi connectivity index (χ2v) is 3.30. The minimum absolute atomic E-state index is 0.274. The summed E-state index contributed by atoms with van der Waals surface area (Å²) in [5.41, 5.74) is 0. The Morgan fingerprint density at radius 3 is 1.83 bits per heavy atom. The maximum absolute atomic E-state index is 11.6. The van der Waals surface area contributed by atoms with E-state index in [0.717, 1.165) is 25.0 Å². The number of rotatable bonds is 6. The van der Waals surface area contributed by atoms with Crippen molar-refractivity contribution >= 4 is 12.6 Å². The third-order valence-electron chi connectivity index (χ3n) is 1.62. The van der Waals surface area contributed by atoms with E-state index < -0.39 is 12.6 Å². The van der Waals surface area contributed by atoms with Crippen molar-refractivity contribution in [3.05, 3.63) is 0 Å². The van der Waals surface area contributed by atoms with Crippen molar-refractivity contribution in [2.24, 2.45) is 0 Å². The molecule has 0 aromatic heterocycles. The highest BCUT2D eigenvalue weighted by Gasteiger charge is 2.25. The average Bonchev–Trinajstić information content (AvgIpc) is 1.94. The number of hydrogen-bond donors (Lipinski definition) is 1. The average molecular weight is 200 g/mol. The van der Waals surface area contributed by atoms with Crippen LogP contribution in [0.15, 0.2) is 0 Å². The summed E-state index contributed by atoms with van der Waals surface area (Å²) in [5.74, 6) is 0.833. The molecule has 0 N–H and O–H groups in total. The molecular weight excluding hydrogens is 185 g/mol. The first-order chi connectivity index (χ1) is 5.56. The zero-order chi connectivity index (χ0) is 9.45. The van der Waals surface area contributed by atoms with E-state index in [1.807, 2.05) is 0 Å². The van der Waals surface area contributed by atoms with E-state index in [0.29, 0.717) is 6.42 Å². The highest BCUT2D eigenvalue weighted by molar-refractivity contribution is 7.80. The molecule has 0 atom stereocenters. The highest BCUT2D eigenvalue weighted by atomic mass is 32.1. The molecule has 0 aliphatic carbocycles. The molecule has 0 saturated carbocycles. The van der Waals surface area contributed by atoms with Crippen LogP contribution in [0.2, 0.25) is 0 Å². The van der Waals surface area contributed by atoms with E-state index in [1.165, 1.54) is 0 Å². The molecule has 0 nitrogen and oxygen atoms in total. The Balaban J connectivity index is 3.01. The Bertz CT molecular complexity index is 101. The Kier molecular flexibility index (Phi) is 6.71. The zero-order valence-corrected chi connectivity index (χ0v) is 7.93. The van der Waals surface area contributed by atoms with Crippen LogP contribution in [-0.4, -0.2) is 11.9 Å². The topological polar surface area (TPSA) is 0 Å². The van der Waals surface area contributed by atoms with E-state index in [-0.39, 0.29) is 6.42 Å². The standard InChI is InChI=1S/C8H15F3S/c9-8(10,11)6-4-2-1-3-5-7-12/h12H,1-7H2. The van der Waals surface area contributed by atoms with Gasteiger partial charge in [0.2, 0.25) is 0 Å². The van der Waals surface area contributed by atoms with Crippen LogP contribution in [0.25, 0.3) is 0 Å². The lowest BCUT2D eigenvalue weighted by atomic mass is 10.1. The molecule has 0 aliphatic rings. The molecule has 0 unspecified atom stereocenters. The lowest BCUT2D eigenvalue weighted by Gasteiger charge is -2.04. The molecule has 0 rings (SSSR count). The van der Waals surface area contributed by atoms with Crippen LogP contribution in [0.5, 0.6) is 0 Å². The maximum Gasteiger partial charge on any atom is 0.389 e. The largest absolute Gasteiger partial charge is 0.389 e. The normalized spacial score (nSPS) is 12.0. The fourth-order valence-electron chi connectivity index (χ4n) is 0.968. The van der Waals surface area contributed by atoms with Gasteiger partial charge in [0, 0.05) is 6.42 Å². The number of halogens is 3. The second kappa shape index (κ2) is 6.63. The third kappa shape index (κ3) is 10.1. The van der Waals surface area contributed by atoms with Crippen molar-refractivity contribution in [2.75, 3.05) is 5.75 Å². The van der Waals surface area contributed by atoms with Gasteiger partial charge in [0.25, 0.3) is 0 Å². The maximum atomic E-state index is 11.6. The minimum atomic E-state index is -3.97. The summed E-state index contributed by atoms with van der Waals surface area (Å²) in [5, 5.41) is 0. The van der Waals surface area contributed by atoms with Gasteiger partial charge in [-0.3, -0.25) is 0 Å². The Hall–Kier alpha value is 0.140. The first-order valence-corrected chi connectivity index (χ1v) is 4.87. The van der Waals surface area contributed by atoms with Gasteiger partial charge in [-0.15, -0.1) is 0 Å². The molecule has 0 amide bonds. The number of unbranched alkanes of at least 4 members (excludes halogenated alkanes) is 4. The van der Waals surface area contributed by atoms with E-state index in [9.17, 15) is 13.2 Å². The zero-order valence-electron chi connectivity index (χ0n) is 7.03. The molecule has 0 aromatic rings. The van der Waals surface area contributed by atoms with Gasteiger partial charge in [0.05, 0.1) is 0 Å². The van der Waals surface area contributed by atoms with Gasteiger partial charge in [-0.2, -0.15) is 25.8 Å². The Morgan fingerprint density at radius 1 is 0.833 bits per heavy atom. The van der Waals surface area contributed by atoms with E-state index in [2.05, 4.69) is 12.6 Å². The number of alkyl halides is 3. The lowest BCUT2D eigenvalue weighted by molar-refractivity contribution is -0.135. The fraction of sp³-hybridized carbons (Fsp3) is 1.00. The van der Waals surface area contributed by atoms with Crippen LogP contribution in [0.3, 0.4) is 0 Å². The monoisotopic (exact) mass is 200 g/mol. The first-order valence-electron chi connectivity index (χ1n) is 4.24. The van der Waals surface area contributed by atoms with Crippen LogP contribution < -0.4 is 0 Å². The predicted octanol–water partition coefficient (Wildman–Crippen LogP) is 3.82. The van der Waals surface area contributed by atoms with Crippen molar-refractivity contribution in [3.63, 3.8) is 0 Å². The van der Waals surface area contributed by atoms with Crippen molar-refractivity contribution in [1.82, 2.24) is 0 Å². The van der Waals surface area contributed by atoms with Crippen LogP contribution in [0, 0.1) is 0 Å². The van der Waals surface area contributed by atoms with Crippen LogP contribution >= 0.6 is 12.6 Å². The van der Waals surface area contributed by atoms with Crippen LogP contribution in [0.1, 0.15) is 38.5 Å². The van der Waals surface area contributed by atoms with Crippen molar-refractivity contribution in [3.8, 4) is 0 Å². The molecule has 4 heteroatoms. The van der Waals surface area contributed by atoms with Crippen LogP contribution in [-0.2, 0) is 0 Å². The first kappa shape index (κ1) is 12.1. The molecule has 0 heterocycles. The van der Waals surface area contributed by atoms with Gasteiger partial charge in [0.15, 0.2) is 0 Å². The second-order valence-electron chi connectivity index (χ2n) is 2.86. The smallest absolute Gasteiger partial charge is 0.179 e. The summed E-state index contributed by atoms with van der Waals surface area (Å²) in [4.78, 5) is 0. The van der Waals surface area contributed by atoms with E-state index in [4.69, 9.17) is 0 Å². The van der Waals surface area contributed by atoms with Gasteiger partial charge in [-0.05, 0) is 18.6 Å². The summed E-state index contributed by atoms with van der Waals surface area (Å²) in [6.45, 7) is 0. The van der Waals surface area contributed by atoms with E-state index in [1.54, 1.807) is 0 Å². The predicted molar refractivity (Wildman–Crippen MR) is 47.6 cm³/mol. The van der Waals surface area contributed by atoms with Crippen molar-refractivity contribution < 1.29 is 13.2 Å². The quantitative estimate of drug-likeness (QED) is 0.489. The summed E-state index contributed by atoms with van der Waals surface area (Å²) in [6.07, 6.45) is -0.728. The van der Waals surface area contributed by atoms with Gasteiger partial charge >= 0.3 is 6.18 Å². The van der Waals surface area contributed by atoms with Crippen LogP contribution in [0.4, 0.5) is 13.2 Å². The van der Waals surface area contributed by atoms with Crippen molar-refractivity contribution in [1.29, 1.82) is 0 Å². The summed E-state index contributed by atoms with van der Waals surface area (Å²) in [6, 6.07) is 0. The Labute approximate surface area is 76.9 Å². The molecule has 0 saturated heterocycles. The summed E-state index contributed by atoms with van der Waals surface area (Å²) in [7, 11) is 0. The molecule has 0 aliphatic heterocycles. The number of hydrogen-bond acceptors (Lipinski definition) is 1. The lowest BCUT2D eigenvalue weighted by Crippen LogP contribution is -2.06.